The molecule has 20 heavy (non-hydrogen) atoms. The number of carbonyl (C=O) groups excluding carboxylic acids is 1. The fourth-order valence-corrected chi connectivity index (χ4v) is 2.03. The summed E-state index contributed by atoms with van der Waals surface area (Å²) in [6.45, 7) is 5.36. The smallest absolute Gasteiger partial charge is 0.237 e. The Morgan fingerprint density at radius 2 is 2.05 bits per heavy atom. The molecule has 0 spiro atoms. The number of carbonyl (C=O) groups is 1. The van der Waals surface area contributed by atoms with Crippen molar-refractivity contribution in [3.8, 4) is 5.75 Å². The van der Waals surface area contributed by atoms with Gasteiger partial charge in [-0.2, -0.15) is 0 Å². The summed E-state index contributed by atoms with van der Waals surface area (Å²) in [5, 5.41) is 3.05. The number of ether oxygens (including phenoxy) is 1. The zero-order valence-electron chi connectivity index (χ0n) is 12.6. The molecule has 0 saturated heterocycles. The Hall–Kier alpha value is -1.55. The molecule has 110 valence electrons. The number of amides is 1. The van der Waals surface area contributed by atoms with Crippen molar-refractivity contribution < 1.29 is 9.53 Å². The van der Waals surface area contributed by atoms with Crippen molar-refractivity contribution in [3.05, 3.63) is 29.8 Å². The van der Waals surface area contributed by atoms with Gasteiger partial charge in [0.25, 0.3) is 0 Å². The first-order chi connectivity index (χ1) is 9.60. The van der Waals surface area contributed by atoms with E-state index in [1.807, 2.05) is 45.2 Å². The molecular formula is C16H24N2O2. The summed E-state index contributed by atoms with van der Waals surface area (Å²) >= 11 is 0. The second-order valence-electron chi connectivity index (χ2n) is 5.45. The molecule has 0 radical (unpaired) electrons. The first-order valence-electron chi connectivity index (χ1n) is 7.32. The van der Waals surface area contributed by atoms with E-state index < -0.39 is 0 Å². The van der Waals surface area contributed by atoms with Crippen LogP contribution in [0.3, 0.4) is 0 Å². The molecule has 1 unspecified atom stereocenters. The van der Waals surface area contributed by atoms with Crippen LogP contribution >= 0.6 is 0 Å². The molecule has 1 fully saturated rings. The Labute approximate surface area is 121 Å². The van der Waals surface area contributed by atoms with E-state index in [9.17, 15) is 4.79 Å². The summed E-state index contributed by atoms with van der Waals surface area (Å²) in [6, 6.07) is 8.36. The highest BCUT2D eigenvalue weighted by molar-refractivity contribution is 5.81. The van der Waals surface area contributed by atoms with E-state index in [2.05, 4.69) is 10.2 Å². The largest absolute Gasteiger partial charge is 0.494 e. The molecule has 0 heterocycles. The number of nitrogens with one attached hydrogen (secondary N) is 1. The van der Waals surface area contributed by atoms with Gasteiger partial charge >= 0.3 is 0 Å². The van der Waals surface area contributed by atoms with Crippen LogP contribution in [0.15, 0.2) is 24.3 Å². The van der Waals surface area contributed by atoms with Crippen molar-refractivity contribution >= 4 is 5.91 Å². The topological polar surface area (TPSA) is 41.6 Å². The van der Waals surface area contributed by atoms with Crippen molar-refractivity contribution in [1.82, 2.24) is 10.2 Å². The van der Waals surface area contributed by atoms with Crippen molar-refractivity contribution in [2.75, 3.05) is 13.7 Å². The zero-order chi connectivity index (χ0) is 14.5. The maximum atomic E-state index is 12.0. The van der Waals surface area contributed by atoms with Gasteiger partial charge < -0.3 is 10.1 Å². The average Bonchev–Trinajstić information content (AvgIpc) is 3.24. The Bertz CT molecular complexity index is 440. The molecule has 1 aliphatic carbocycles. The predicted molar refractivity (Wildman–Crippen MR) is 79.7 cm³/mol. The number of hydrogen-bond donors (Lipinski definition) is 1. The standard InChI is InChI=1S/C16H24N2O2/c1-4-20-15-9-5-13(6-10-15)11-18(3)12(2)16(19)17-14-7-8-14/h5-6,9-10,12,14H,4,7-8,11H2,1-3H3,(H,17,19). The van der Waals surface area contributed by atoms with E-state index in [1.54, 1.807) is 0 Å². The molecule has 1 aliphatic rings. The minimum Gasteiger partial charge on any atom is -0.494 e. The Morgan fingerprint density at radius 3 is 2.60 bits per heavy atom. The lowest BCUT2D eigenvalue weighted by Crippen LogP contribution is -2.43. The van der Waals surface area contributed by atoms with Crippen molar-refractivity contribution in [2.24, 2.45) is 0 Å². The van der Waals surface area contributed by atoms with E-state index in [0.717, 1.165) is 25.1 Å². The molecule has 4 heteroatoms. The molecule has 1 atom stereocenters. The SMILES string of the molecule is CCOc1ccc(CN(C)C(C)C(=O)NC2CC2)cc1. The van der Waals surface area contributed by atoms with E-state index in [0.29, 0.717) is 12.6 Å². The van der Waals surface area contributed by atoms with E-state index in [-0.39, 0.29) is 11.9 Å². The maximum absolute atomic E-state index is 12.0. The van der Waals surface area contributed by atoms with Crippen molar-refractivity contribution in [3.63, 3.8) is 0 Å². The van der Waals surface area contributed by atoms with Crippen LogP contribution in [0.1, 0.15) is 32.3 Å². The highest BCUT2D eigenvalue weighted by atomic mass is 16.5. The summed E-state index contributed by atoms with van der Waals surface area (Å²) in [5.41, 5.74) is 1.18. The number of likely N-dealkylation sites (N-methyl/N-ethyl adjacent to an activating group) is 1. The lowest BCUT2D eigenvalue weighted by molar-refractivity contribution is -0.125. The van der Waals surface area contributed by atoms with Gasteiger partial charge in [0.05, 0.1) is 12.6 Å². The van der Waals surface area contributed by atoms with Crippen molar-refractivity contribution in [1.29, 1.82) is 0 Å². The summed E-state index contributed by atoms with van der Waals surface area (Å²) in [4.78, 5) is 14.1. The number of rotatable bonds is 7. The van der Waals surface area contributed by atoms with Gasteiger partial charge in [0, 0.05) is 12.6 Å². The van der Waals surface area contributed by atoms with Crippen molar-refractivity contribution in [2.45, 2.75) is 45.3 Å². The van der Waals surface area contributed by atoms with Crippen LogP contribution in [-0.4, -0.2) is 36.5 Å². The summed E-state index contributed by atoms with van der Waals surface area (Å²) in [7, 11) is 1.98. The number of hydrogen-bond acceptors (Lipinski definition) is 3. The molecule has 1 N–H and O–H groups in total. The Balaban J connectivity index is 1.85. The second-order valence-corrected chi connectivity index (χ2v) is 5.45. The van der Waals surface area contributed by atoms with Crippen LogP contribution < -0.4 is 10.1 Å². The first-order valence-corrected chi connectivity index (χ1v) is 7.32. The molecule has 4 nitrogen and oxygen atoms in total. The summed E-state index contributed by atoms with van der Waals surface area (Å²) < 4.78 is 5.42. The predicted octanol–water partition coefficient (Wildman–Crippen LogP) is 2.18. The third-order valence-corrected chi connectivity index (χ3v) is 3.63. The van der Waals surface area contributed by atoms with Gasteiger partial charge in [0.1, 0.15) is 5.75 Å². The fraction of sp³-hybridized carbons (Fsp3) is 0.562. The monoisotopic (exact) mass is 276 g/mol. The summed E-state index contributed by atoms with van der Waals surface area (Å²) in [6.07, 6.45) is 2.25. The normalized spacial score (nSPS) is 16.0. The van der Waals surface area contributed by atoms with Gasteiger partial charge in [-0.3, -0.25) is 9.69 Å². The molecule has 1 saturated carbocycles. The maximum Gasteiger partial charge on any atom is 0.237 e. The van der Waals surface area contributed by atoms with Gasteiger partial charge in [-0.05, 0) is 51.4 Å². The van der Waals surface area contributed by atoms with Crippen LogP contribution in [0.2, 0.25) is 0 Å². The van der Waals surface area contributed by atoms with Crippen LogP contribution in [0.5, 0.6) is 5.75 Å². The number of nitrogens with zero attached hydrogens (tertiary/aromatic N) is 1. The Kier molecular flexibility index (Phi) is 5.01. The second kappa shape index (κ2) is 6.75. The highest BCUT2D eigenvalue weighted by Gasteiger charge is 2.27. The molecule has 0 aliphatic heterocycles. The molecule has 2 rings (SSSR count). The van der Waals surface area contributed by atoms with Crippen LogP contribution in [0, 0.1) is 0 Å². The first kappa shape index (κ1) is 14.9. The minimum atomic E-state index is -0.109. The van der Waals surface area contributed by atoms with Gasteiger partial charge in [0.15, 0.2) is 0 Å². The molecule has 0 bridgehead atoms. The lowest BCUT2D eigenvalue weighted by atomic mass is 10.2. The molecular weight excluding hydrogens is 252 g/mol. The third kappa shape index (κ3) is 4.23. The Morgan fingerprint density at radius 1 is 1.40 bits per heavy atom. The summed E-state index contributed by atoms with van der Waals surface area (Å²) in [5.74, 6) is 1.01. The lowest BCUT2D eigenvalue weighted by Gasteiger charge is -2.24. The molecule has 1 aromatic carbocycles. The van der Waals surface area contributed by atoms with E-state index >= 15 is 0 Å². The average molecular weight is 276 g/mol. The van der Waals surface area contributed by atoms with Crippen LogP contribution in [0.25, 0.3) is 0 Å². The zero-order valence-corrected chi connectivity index (χ0v) is 12.6. The van der Waals surface area contributed by atoms with E-state index in [1.165, 1.54) is 5.56 Å². The van der Waals surface area contributed by atoms with Gasteiger partial charge in [-0.15, -0.1) is 0 Å². The van der Waals surface area contributed by atoms with Gasteiger partial charge in [-0.25, -0.2) is 0 Å². The minimum absolute atomic E-state index is 0.109. The van der Waals surface area contributed by atoms with Gasteiger partial charge in [0.2, 0.25) is 5.91 Å². The number of benzene rings is 1. The molecule has 0 aromatic heterocycles. The highest BCUT2D eigenvalue weighted by Crippen LogP contribution is 2.19. The molecule has 1 aromatic rings. The fourth-order valence-electron chi connectivity index (χ4n) is 2.03. The van der Waals surface area contributed by atoms with Crippen LogP contribution in [-0.2, 0) is 11.3 Å². The van der Waals surface area contributed by atoms with Crippen LogP contribution in [0.4, 0.5) is 0 Å². The van der Waals surface area contributed by atoms with Gasteiger partial charge in [-0.1, -0.05) is 12.1 Å². The quantitative estimate of drug-likeness (QED) is 0.830. The third-order valence-electron chi connectivity index (χ3n) is 3.63. The van der Waals surface area contributed by atoms with E-state index in [4.69, 9.17) is 4.74 Å². The molecule has 1 amide bonds.